The monoisotopic (exact) mass is 387 g/mol. The molecule has 0 atom stereocenters. The van der Waals surface area contributed by atoms with Crippen LogP contribution >= 0.6 is 0 Å². The van der Waals surface area contributed by atoms with E-state index in [9.17, 15) is 13.2 Å². The molecule has 0 aromatic rings. The van der Waals surface area contributed by atoms with E-state index in [4.69, 9.17) is 4.74 Å². The van der Waals surface area contributed by atoms with Gasteiger partial charge in [-0.1, -0.05) is 19.3 Å². The maximum atomic E-state index is 12.5. The van der Waals surface area contributed by atoms with Gasteiger partial charge in [0.2, 0.25) is 15.9 Å². The Morgan fingerprint density at radius 1 is 1.12 bits per heavy atom. The average molecular weight is 388 g/mol. The van der Waals surface area contributed by atoms with Crippen LogP contribution in [0.5, 0.6) is 0 Å². The molecule has 0 aromatic heterocycles. The van der Waals surface area contributed by atoms with Gasteiger partial charge in [0.25, 0.3) is 0 Å². The summed E-state index contributed by atoms with van der Waals surface area (Å²) in [7, 11) is -3.26. The van der Waals surface area contributed by atoms with Gasteiger partial charge >= 0.3 is 0 Å². The molecule has 1 saturated carbocycles. The van der Waals surface area contributed by atoms with Crippen LogP contribution in [-0.2, 0) is 19.6 Å². The maximum Gasteiger partial charge on any atom is 0.222 e. The highest BCUT2D eigenvalue weighted by atomic mass is 32.2. The molecule has 0 unspecified atom stereocenters. The molecule has 150 valence electrons. The van der Waals surface area contributed by atoms with Gasteiger partial charge in [0.15, 0.2) is 0 Å². The minimum absolute atomic E-state index is 0.0682. The molecule has 0 bridgehead atoms. The summed E-state index contributed by atoms with van der Waals surface area (Å²) in [6.45, 7) is 5.45. The van der Waals surface area contributed by atoms with Crippen LogP contribution in [0.4, 0.5) is 0 Å². The number of nitrogens with zero attached hydrogens (tertiary/aromatic N) is 3. The highest BCUT2D eigenvalue weighted by Crippen LogP contribution is 2.28. The number of morpholine rings is 1. The van der Waals surface area contributed by atoms with E-state index in [0.29, 0.717) is 45.2 Å². The Bertz CT molecular complexity index is 565. The van der Waals surface area contributed by atoms with Crippen molar-refractivity contribution >= 4 is 15.9 Å². The van der Waals surface area contributed by atoms with Gasteiger partial charge in [0, 0.05) is 45.7 Å². The quantitative estimate of drug-likeness (QED) is 0.645. The van der Waals surface area contributed by atoms with Crippen molar-refractivity contribution < 1.29 is 17.9 Å². The van der Waals surface area contributed by atoms with Gasteiger partial charge in [-0.3, -0.25) is 9.69 Å². The third-order valence-electron chi connectivity index (χ3n) is 5.98. The Hall–Kier alpha value is -0.700. The number of ether oxygens (including phenoxy) is 1. The van der Waals surface area contributed by atoms with Crippen LogP contribution in [0.25, 0.3) is 0 Å². The smallest absolute Gasteiger partial charge is 0.222 e. The van der Waals surface area contributed by atoms with E-state index in [-0.39, 0.29) is 11.9 Å². The lowest BCUT2D eigenvalue weighted by molar-refractivity contribution is -0.138. The molecule has 7 nitrogen and oxygen atoms in total. The molecule has 0 spiro atoms. The van der Waals surface area contributed by atoms with Crippen LogP contribution in [0.1, 0.15) is 38.5 Å². The van der Waals surface area contributed by atoms with Gasteiger partial charge in [0.05, 0.1) is 25.5 Å². The first-order chi connectivity index (χ1) is 12.4. The first-order valence-electron chi connectivity index (χ1n) is 9.98. The standard InChI is InChI=1S/C18H33N3O4S/c1-26(23,24)21(8-7-19-9-11-25-12-10-19)17-14-20(15-17)18(22)13-16-5-3-2-4-6-16/h16-17H,2-15H2,1H3. The molecule has 0 aromatic carbocycles. The third-order valence-corrected chi connectivity index (χ3v) is 7.31. The fraction of sp³-hybridized carbons (Fsp3) is 0.944. The SMILES string of the molecule is CS(=O)(=O)N(CCN1CCOCC1)C1CN(C(=O)CC2CCCCC2)C1. The zero-order chi connectivity index (χ0) is 18.6. The van der Waals surface area contributed by atoms with Crippen LogP contribution in [0.15, 0.2) is 0 Å². The largest absolute Gasteiger partial charge is 0.379 e. The summed E-state index contributed by atoms with van der Waals surface area (Å²) in [4.78, 5) is 16.5. The zero-order valence-corrected chi connectivity index (χ0v) is 16.8. The van der Waals surface area contributed by atoms with E-state index in [1.165, 1.54) is 25.5 Å². The topological polar surface area (TPSA) is 70.2 Å². The van der Waals surface area contributed by atoms with Crippen LogP contribution in [0.2, 0.25) is 0 Å². The molecule has 1 amide bonds. The highest BCUT2D eigenvalue weighted by Gasteiger charge is 2.39. The number of hydrogen-bond donors (Lipinski definition) is 0. The Morgan fingerprint density at radius 2 is 1.77 bits per heavy atom. The van der Waals surface area contributed by atoms with Gasteiger partial charge in [-0.15, -0.1) is 0 Å². The van der Waals surface area contributed by atoms with Crippen molar-refractivity contribution in [3.05, 3.63) is 0 Å². The molecular formula is C18H33N3O4S. The highest BCUT2D eigenvalue weighted by molar-refractivity contribution is 7.88. The van der Waals surface area contributed by atoms with Crippen molar-refractivity contribution in [2.45, 2.75) is 44.6 Å². The summed E-state index contributed by atoms with van der Waals surface area (Å²) in [5, 5.41) is 0. The number of amides is 1. The van der Waals surface area contributed by atoms with Gasteiger partial charge < -0.3 is 9.64 Å². The first kappa shape index (κ1) is 20.0. The molecule has 2 saturated heterocycles. The summed E-state index contributed by atoms with van der Waals surface area (Å²) in [6.07, 6.45) is 8.02. The van der Waals surface area contributed by atoms with E-state index >= 15 is 0 Å². The molecule has 3 rings (SSSR count). The second-order valence-corrected chi connectivity index (χ2v) is 9.92. The van der Waals surface area contributed by atoms with Crippen molar-refractivity contribution in [2.24, 2.45) is 5.92 Å². The van der Waals surface area contributed by atoms with E-state index in [1.807, 2.05) is 4.90 Å². The second kappa shape index (κ2) is 8.99. The molecule has 3 fully saturated rings. The number of hydrogen-bond acceptors (Lipinski definition) is 5. The van der Waals surface area contributed by atoms with Crippen LogP contribution in [0, 0.1) is 5.92 Å². The summed E-state index contributed by atoms with van der Waals surface area (Å²) >= 11 is 0. The van der Waals surface area contributed by atoms with Crippen molar-refractivity contribution in [3.8, 4) is 0 Å². The first-order valence-corrected chi connectivity index (χ1v) is 11.8. The molecule has 3 aliphatic rings. The van der Waals surface area contributed by atoms with Crippen molar-refractivity contribution in [1.82, 2.24) is 14.1 Å². The number of sulfonamides is 1. The second-order valence-electron chi connectivity index (χ2n) is 7.99. The minimum atomic E-state index is -3.26. The molecular weight excluding hydrogens is 354 g/mol. The Labute approximate surface area is 157 Å². The molecule has 2 heterocycles. The van der Waals surface area contributed by atoms with Crippen LogP contribution < -0.4 is 0 Å². The van der Waals surface area contributed by atoms with Gasteiger partial charge in [-0.25, -0.2) is 8.42 Å². The normalized spacial score (nSPS) is 24.0. The fourth-order valence-electron chi connectivity index (χ4n) is 4.29. The van der Waals surface area contributed by atoms with Gasteiger partial charge in [-0.2, -0.15) is 4.31 Å². The lowest BCUT2D eigenvalue weighted by Gasteiger charge is -2.45. The minimum Gasteiger partial charge on any atom is -0.379 e. The summed E-state index contributed by atoms with van der Waals surface area (Å²) in [5.74, 6) is 0.734. The number of rotatable bonds is 7. The predicted molar refractivity (Wildman–Crippen MR) is 100 cm³/mol. The van der Waals surface area contributed by atoms with E-state index in [0.717, 1.165) is 32.5 Å². The summed E-state index contributed by atoms with van der Waals surface area (Å²) in [6, 6.07) is -0.0682. The Kier molecular flexibility index (Phi) is 6.93. The molecule has 26 heavy (non-hydrogen) atoms. The van der Waals surface area contributed by atoms with Crippen LogP contribution in [-0.4, -0.2) is 93.2 Å². The molecule has 0 radical (unpaired) electrons. The molecule has 2 aliphatic heterocycles. The molecule has 0 N–H and O–H groups in total. The average Bonchev–Trinajstić information content (AvgIpc) is 2.57. The van der Waals surface area contributed by atoms with Gasteiger partial charge in [0.1, 0.15) is 0 Å². The summed E-state index contributed by atoms with van der Waals surface area (Å²) < 4.78 is 31.4. The fourth-order valence-corrected chi connectivity index (χ4v) is 5.38. The van der Waals surface area contributed by atoms with Crippen molar-refractivity contribution in [1.29, 1.82) is 0 Å². The predicted octanol–water partition coefficient (Wildman–Crippen LogP) is 0.761. The lowest BCUT2D eigenvalue weighted by atomic mass is 9.86. The Balaban J connectivity index is 1.46. The summed E-state index contributed by atoms with van der Waals surface area (Å²) in [5.41, 5.74) is 0. The number of likely N-dealkylation sites (tertiary alicyclic amines) is 1. The van der Waals surface area contributed by atoms with E-state index < -0.39 is 10.0 Å². The third kappa shape index (κ3) is 5.41. The van der Waals surface area contributed by atoms with E-state index in [2.05, 4.69) is 4.90 Å². The number of carbonyl (C=O) groups excluding carboxylic acids is 1. The van der Waals surface area contributed by atoms with Crippen molar-refractivity contribution in [3.63, 3.8) is 0 Å². The zero-order valence-electron chi connectivity index (χ0n) is 15.9. The Morgan fingerprint density at radius 3 is 2.38 bits per heavy atom. The van der Waals surface area contributed by atoms with Crippen molar-refractivity contribution in [2.75, 3.05) is 58.7 Å². The number of carbonyl (C=O) groups is 1. The van der Waals surface area contributed by atoms with E-state index in [1.54, 1.807) is 4.31 Å². The molecule has 8 heteroatoms. The maximum absolute atomic E-state index is 12.5. The molecule has 1 aliphatic carbocycles. The van der Waals surface area contributed by atoms with Crippen LogP contribution in [0.3, 0.4) is 0 Å². The lowest BCUT2D eigenvalue weighted by Crippen LogP contribution is -2.63. The van der Waals surface area contributed by atoms with Gasteiger partial charge in [-0.05, 0) is 18.8 Å².